The fourth-order valence-electron chi connectivity index (χ4n) is 5.81. The maximum absolute atomic E-state index is 16.2. The molecule has 0 unspecified atom stereocenters. The molecule has 2 aromatic carbocycles. The van der Waals surface area contributed by atoms with Crippen molar-refractivity contribution in [3.63, 3.8) is 0 Å². The van der Waals surface area contributed by atoms with Crippen LogP contribution in [0.15, 0.2) is 42.7 Å². The summed E-state index contributed by atoms with van der Waals surface area (Å²) in [4.78, 5) is 0. The lowest BCUT2D eigenvalue weighted by atomic mass is 9.30. The molecular formula is C22H16F6N4O3. The average molecular weight is 498 g/mol. The Hall–Kier alpha value is -3.35. The number of fused-ring (bicyclic) bond motifs is 1. The van der Waals surface area contributed by atoms with Gasteiger partial charge in [-0.25, -0.2) is 22.2 Å². The molecule has 184 valence electrons. The van der Waals surface area contributed by atoms with Crippen LogP contribution in [0.5, 0.6) is 11.5 Å². The Morgan fingerprint density at radius 1 is 1.00 bits per heavy atom. The van der Waals surface area contributed by atoms with Crippen LogP contribution < -0.4 is 9.47 Å². The monoisotopic (exact) mass is 498 g/mol. The number of aliphatic hydroxyl groups is 1. The van der Waals surface area contributed by atoms with Crippen LogP contribution in [0.4, 0.5) is 26.3 Å². The quantitative estimate of drug-likeness (QED) is 0.519. The van der Waals surface area contributed by atoms with Gasteiger partial charge in [0.1, 0.15) is 18.0 Å². The Morgan fingerprint density at radius 3 is 2.37 bits per heavy atom. The van der Waals surface area contributed by atoms with Crippen molar-refractivity contribution >= 4 is 0 Å². The van der Waals surface area contributed by atoms with E-state index in [4.69, 9.17) is 0 Å². The molecule has 35 heavy (non-hydrogen) atoms. The summed E-state index contributed by atoms with van der Waals surface area (Å²) in [5, 5.41) is 21.6. The Morgan fingerprint density at radius 2 is 1.71 bits per heavy atom. The molecule has 2 heterocycles. The Bertz CT molecular complexity index is 1310. The van der Waals surface area contributed by atoms with Gasteiger partial charge < -0.3 is 14.6 Å². The molecule has 0 amide bonds. The van der Waals surface area contributed by atoms with Gasteiger partial charge >= 0.3 is 6.29 Å². The summed E-state index contributed by atoms with van der Waals surface area (Å²) in [5.74, 6) is -6.57. The highest BCUT2D eigenvalue weighted by molar-refractivity contribution is 5.51. The van der Waals surface area contributed by atoms with E-state index in [0.29, 0.717) is 11.6 Å². The van der Waals surface area contributed by atoms with E-state index in [1.165, 1.54) is 18.2 Å². The molecule has 0 spiro atoms. The summed E-state index contributed by atoms with van der Waals surface area (Å²) < 4.78 is 96.9. The van der Waals surface area contributed by atoms with E-state index >= 15 is 8.78 Å². The predicted octanol–water partition coefficient (Wildman–Crippen LogP) is 3.92. The normalized spacial score (nSPS) is 27.6. The van der Waals surface area contributed by atoms with E-state index in [1.807, 2.05) is 0 Å². The molecular weight excluding hydrogens is 482 g/mol. The molecule has 0 saturated heterocycles. The van der Waals surface area contributed by atoms with Crippen LogP contribution in [0.25, 0.3) is 0 Å². The van der Waals surface area contributed by atoms with Crippen LogP contribution in [-0.4, -0.2) is 37.5 Å². The summed E-state index contributed by atoms with van der Waals surface area (Å²) in [6, 6.07) is 6.12. The Balaban J connectivity index is 1.33. The zero-order valence-electron chi connectivity index (χ0n) is 17.7. The number of hydrogen-bond acceptors (Lipinski definition) is 6. The number of ether oxygens (including phenoxy) is 2. The molecule has 1 aliphatic heterocycles. The summed E-state index contributed by atoms with van der Waals surface area (Å²) in [6.45, 7) is -0.886. The molecule has 3 saturated carbocycles. The lowest BCUT2D eigenvalue weighted by Crippen LogP contribution is -2.76. The van der Waals surface area contributed by atoms with Gasteiger partial charge in [0.15, 0.2) is 17.1 Å². The van der Waals surface area contributed by atoms with Crippen LogP contribution in [-0.2, 0) is 17.6 Å². The third-order valence-corrected chi connectivity index (χ3v) is 7.39. The number of hydrogen-bond donors (Lipinski definition) is 1. The minimum absolute atomic E-state index is 0.0935. The fraction of sp³-hybridized carbons (Fsp3) is 0.409. The zero-order chi connectivity index (χ0) is 24.9. The van der Waals surface area contributed by atoms with Crippen molar-refractivity contribution in [1.29, 1.82) is 0 Å². The molecule has 7 nitrogen and oxygen atoms in total. The molecule has 3 aliphatic carbocycles. The molecule has 1 atom stereocenters. The maximum Gasteiger partial charge on any atom is 0.586 e. The van der Waals surface area contributed by atoms with E-state index in [0.717, 1.165) is 23.1 Å². The molecule has 3 fully saturated rings. The first kappa shape index (κ1) is 22.1. The van der Waals surface area contributed by atoms with Gasteiger partial charge in [-0.3, -0.25) is 0 Å². The highest BCUT2D eigenvalue weighted by Crippen LogP contribution is 2.80. The molecule has 7 rings (SSSR count). The van der Waals surface area contributed by atoms with E-state index in [-0.39, 0.29) is 30.8 Å². The highest BCUT2D eigenvalue weighted by Gasteiger charge is 2.82. The van der Waals surface area contributed by atoms with Gasteiger partial charge in [0.2, 0.25) is 0 Å². The molecule has 2 bridgehead atoms. The van der Waals surface area contributed by atoms with Gasteiger partial charge in [-0.2, -0.15) is 0 Å². The van der Waals surface area contributed by atoms with Crippen LogP contribution >= 0.6 is 0 Å². The van der Waals surface area contributed by atoms with Crippen molar-refractivity contribution in [2.75, 3.05) is 0 Å². The first-order valence-corrected chi connectivity index (χ1v) is 10.6. The molecule has 0 radical (unpaired) electrons. The number of alkyl halides is 4. The zero-order valence-corrected chi connectivity index (χ0v) is 17.7. The second-order valence-corrected chi connectivity index (χ2v) is 9.49. The molecule has 1 N–H and O–H groups in total. The number of halogens is 6. The molecule has 1 aromatic heterocycles. The number of rotatable bonds is 6. The van der Waals surface area contributed by atoms with E-state index < -0.39 is 52.4 Å². The number of nitrogens with zero attached hydrogens (tertiary/aromatic N) is 4. The fourth-order valence-corrected chi connectivity index (χ4v) is 5.81. The van der Waals surface area contributed by atoms with Crippen LogP contribution in [0.2, 0.25) is 0 Å². The minimum atomic E-state index is -3.89. The molecule has 3 aromatic rings. The standard InChI is InChI=1S/C22H16F6N4O3/c23-13-2-3-14(15(24)6-13)20(33,10-32-11-29-30-31-32)21(25,26)19-7-18(8-19,9-19)12-1-4-16-17(5-12)35-22(27,28)34-16/h1-6,11,33H,7-10H2/t18?,19?,20-/m1/s1. The van der Waals surface area contributed by atoms with Crippen molar-refractivity contribution in [1.82, 2.24) is 20.2 Å². The van der Waals surface area contributed by atoms with Gasteiger partial charge in [0, 0.05) is 17.0 Å². The highest BCUT2D eigenvalue weighted by atomic mass is 19.3. The summed E-state index contributed by atoms with van der Waals surface area (Å²) in [5.41, 5.74) is -5.83. The number of aromatic nitrogens is 4. The van der Waals surface area contributed by atoms with Gasteiger partial charge in [-0.1, -0.05) is 6.07 Å². The smallest absolute Gasteiger partial charge is 0.395 e. The van der Waals surface area contributed by atoms with Gasteiger partial charge in [-0.05, 0) is 64.9 Å². The third-order valence-electron chi connectivity index (χ3n) is 7.39. The lowest BCUT2D eigenvalue weighted by Gasteiger charge is -2.74. The van der Waals surface area contributed by atoms with Crippen molar-refractivity contribution in [3.8, 4) is 11.5 Å². The number of tetrazole rings is 1. The van der Waals surface area contributed by atoms with Crippen molar-refractivity contribution < 1.29 is 40.9 Å². The predicted molar refractivity (Wildman–Crippen MR) is 104 cm³/mol. The van der Waals surface area contributed by atoms with Crippen LogP contribution in [0.3, 0.4) is 0 Å². The van der Waals surface area contributed by atoms with Gasteiger partial charge in [0.05, 0.1) is 6.54 Å². The minimum Gasteiger partial charge on any atom is -0.395 e. The van der Waals surface area contributed by atoms with Crippen molar-refractivity contribution in [2.45, 2.75) is 49.0 Å². The maximum atomic E-state index is 16.2. The third kappa shape index (κ3) is 2.93. The molecule has 13 heteroatoms. The van der Waals surface area contributed by atoms with Crippen molar-refractivity contribution in [2.24, 2.45) is 5.41 Å². The Kier molecular flexibility index (Phi) is 4.21. The average Bonchev–Trinajstić information content (AvgIpc) is 3.30. The van der Waals surface area contributed by atoms with Crippen molar-refractivity contribution in [3.05, 3.63) is 65.5 Å². The van der Waals surface area contributed by atoms with Gasteiger partial charge in [0.25, 0.3) is 5.92 Å². The second kappa shape index (κ2) is 6.65. The Labute approximate surface area is 193 Å². The summed E-state index contributed by atoms with van der Waals surface area (Å²) in [6.07, 6.45) is -3.09. The van der Waals surface area contributed by atoms with Crippen LogP contribution in [0, 0.1) is 17.0 Å². The van der Waals surface area contributed by atoms with Gasteiger partial charge in [-0.15, -0.1) is 13.9 Å². The first-order valence-electron chi connectivity index (χ1n) is 10.6. The lowest BCUT2D eigenvalue weighted by molar-refractivity contribution is -0.347. The van der Waals surface area contributed by atoms with Crippen LogP contribution in [0.1, 0.15) is 30.4 Å². The van der Waals surface area contributed by atoms with E-state index in [1.54, 1.807) is 0 Å². The summed E-state index contributed by atoms with van der Waals surface area (Å²) in [7, 11) is 0. The topological polar surface area (TPSA) is 82.3 Å². The summed E-state index contributed by atoms with van der Waals surface area (Å²) >= 11 is 0. The van der Waals surface area contributed by atoms with E-state index in [9.17, 15) is 22.7 Å². The largest absolute Gasteiger partial charge is 0.586 e. The first-order chi connectivity index (χ1) is 16.4. The van der Waals surface area contributed by atoms with E-state index in [2.05, 4.69) is 25.0 Å². The SMILES string of the molecule is O[C@](Cn1cnnn1)(c1ccc(F)cc1F)C(F)(F)C12CC(c3ccc4c(c3)OC(F)(F)O4)(C1)C2. The number of benzene rings is 2. The molecule has 4 aliphatic rings. The second-order valence-electron chi connectivity index (χ2n) is 9.49.